The lowest BCUT2D eigenvalue weighted by Gasteiger charge is -2.20. The minimum absolute atomic E-state index is 0.190. The Morgan fingerprint density at radius 3 is 2.33 bits per heavy atom. The Balaban J connectivity index is 2.89. The summed E-state index contributed by atoms with van der Waals surface area (Å²) in [4.78, 5) is 0. The molecule has 24 heavy (non-hydrogen) atoms. The van der Waals surface area contributed by atoms with Crippen molar-refractivity contribution in [3.8, 4) is 5.75 Å². The summed E-state index contributed by atoms with van der Waals surface area (Å²) in [6.07, 6.45) is 0.724. The zero-order valence-corrected chi connectivity index (χ0v) is 16.8. The van der Waals surface area contributed by atoms with E-state index in [9.17, 15) is 9.67 Å². The maximum atomic E-state index is 12.2. The number of benzene rings is 1. The number of rotatable bonds is 10. The summed E-state index contributed by atoms with van der Waals surface area (Å²) in [5.74, 6) is -0.960. The molecule has 3 atom stereocenters. The van der Waals surface area contributed by atoms with E-state index in [1.54, 1.807) is 36.1 Å². The van der Waals surface area contributed by atoms with Crippen molar-refractivity contribution in [2.45, 2.75) is 25.0 Å². The molecule has 1 aromatic carbocycles. The topological polar surface area (TPSA) is 80.6 Å². The van der Waals surface area contributed by atoms with Crippen molar-refractivity contribution in [2.75, 3.05) is 21.3 Å². The van der Waals surface area contributed by atoms with E-state index in [2.05, 4.69) is 11.8 Å². The van der Waals surface area contributed by atoms with Crippen molar-refractivity contribution < 1.29 is 23.5 Å². The van der Waals surface area contributed by atoms with Crippen LogP contribution in [0.2, 0.25) is 0 Å². The Kier molecular flexibility index (Phi) is 8.43. The van der Waals surface area contributed by atoms with Crippen molar-refractivity contribution in [2.24, 2.45) is 5.10 Å². The summed E-state index contributed by atoms with van der Waals surface area (Å²) < 4.78 is 29.3. The summed E-state index contributed by atoms with van der Waals surface area (Å²) in [5.41, 5.74) is 0.410. The predicted molar refractivity (Wildman–Crippen MR) is 99.3 cm³/mol. The second-order valence-corrected chi connectivity index (χ2v) is 9.94. The lowest BCUT2D eigenvalue weighted by Crippen LogP contribution is -2.16. The van der Waals surface area contributed by atoms with Gasteiger partial charge in [-0.15, -0.1) is 4.78 Å². The molecule has 0 aromatic heterocycles. The Morgan fingerprint density at radius 2 is 1.92 bits per heavy atom. The molecule has 10 heteroatoms. The van der Waals surface area contributed by atoms with Crippen LogP contribution in [0.4, 0.5) is 0 Å². The number of hydrogen-bond acceptors (Lipinski definition) is 7. The van der Waals surface area contributed by atoms with E-state index < -0.39 is 20.3 Å². The van der Waals surface area contributed by atoms with Crippen LogP contribution in [0.15, 0.2) is 29.4 Å². The third-order valence-electron chi connectivity index (χ3n) is 3.34. The Morgan fingerprint density at radius 1 is 1.38 bits per heavy atom. The Bertz CT molecular complexity index is 606. The number of nitrogens with zero attached hydrogens (tertiary/aromatic N) is 2. The van der Waals surface area contributed by atoms with E-state index in [1.165, 1.54) is 14.2 Å². The zero-order valence-electron chi connectivity index (χ0n) is 14.2. The molecule has 0 spiro atoms. The standard InChI is InChI=1S/C14H23N2O5P2S/c1-6-13(22(24)16(3)15-2)21-12-9-7-11(8-10-12)14(17)23(18,19-4)20-5/h7-10,13-14,17H,2,6H2,1,3-5H3/q+1. The molecular formula is C14H23N2O5P2S+. The normalized spacial score (nSPS) is 14.6. The van der Waals surface area contributed by atoms with Crippen molar-refractivity contribution in [3.05, 3.63) is 29.8 Å². The van der Waals surface area contributed by atoms with Gasteiger partial charge in [0.25, 0.3) is 5.85 Å². The molecule has 7 nitrogen and oxygen atoms in total. The minimum Gasteiger partial charge on any atom is -0.447 e. The molecule has 0 aliphatic carbocycles. The molecular weight excluding hydrogens is 370 g/mol. The molecule has 0 aliphatic rings. The van der Waals surface area contributed by atoms with Gasteiger partial charge in [0.2, 0.25) is 0 Å². The number of aliphatic hydroxyl groups excluding tert-OH is 1. The Labute approximate surface area is 148 Å². The largest absolute Gasteiger partial charge is 0.447 e. The van der Waals surface area contributed by atoms with Crippen LogP contribution in [-0.2, 0) is 25.4 Å². The molecule has 0 radical (unpaired) electrons. The smallest absolute Gasteiger partial charge is 0.362 e. The fraction of sp³-hybridized carbons (Fsp3) is 0.500. The van der Waals surface area contributed by atoms with Crippen LogP contribution in [0.1, 0.15) is 24.8 Å². The molecule has 3 unspecified atom stereocenters. The number of hydrazone groups is 1. The fourth-order valence-corrected chi connectivity index (χ4v) is 4.70. The van der Waals surface area contributed by atoms with E-state index in [0.29, 0.717) is 11.3 Å². The molecule has 0 bridgehead atoms. The van der Waals surface area contributed by atoms with Crippen LogP contribution in [0, 0.1) is 0 Å². The van der Waals surface area contributed by atoms with Gasteiger partial charge in [0.05, 0.1) is 7.05 Å². The third-order valence-corrected chi connectivity index (χ3v) is 8.33. The summed E-state index contributed by atoms with van der Waals surface area (Å²) in [5, 5.41) is 14.0. The first kappa shape index (κ1) is 21.2. The molecule has 0 saturated heterocycles. The monoisotopic (exact) mass is 393 g/mol. The summed E-state index contributed by atoms with van der Waals surface area (Å²) in [6.45, 7) is 4.41. The lowest BCUT2D eigenvalue weighted by molar-refractivity contribution is 0.176. The summed E-state index contributed by atoms with van der Waals surface area (Å²) >= 11 is 5.45. The maximum Gasteiger partial charge on any atom is 0.362 e. The summed E-state index contributed by atoms with van der Waals surface area (Å²) in [7, 11) is 0.626. The zero-order chi connectivity index (χ0) is 18.3. The van der Waals surface area contributed by atoms with Gasteiger partial charge in [-0.25, -0.2) is 0 Å². The van der Waals surface area contributed by atoms with Gasteiger partial charge < -0.3 is 18.9 Å². The van der Waals surface area contributed by atoms with Gasteiger partial charge in [0, 0.05) is 27.4 Å². The molecule has 0 fully saturated rings. The highest BCUT2D eigenvalue weighted by atomic mass is 32.4. The van der Waals surface area contributed by atoms with E-state index in [4.69, 9.17) is 25.6 Å². The second kappa shape index (κ2) is 9.56. The molecule has 1 rings (SSSR count). The van der Waals surface area contributed by atoms with Gasteiger partial charge in [-0.2, -0.15) is 5.10 Å². The molecule has 0 saturated carbocycles. The minimum atomic E-state index is -3.60. The second-order valence-electron chi connectivity index (χ2n) is 4.76. The van der Waals surface area contributed by atoms with Crippen molar-refractivity contribution in [1.82, 2.24) is 4.78 Å². The highest BCUT2D eigenvalue weighted by Crippen LogP contribution is 2.58. The van der Waals surface area contributed by atoms with Gasteiger partial charge >= 0.3 is 14.4 Å². The SMILES string of the molecule is C=NN(C)[P+](=S)C(CC)Oc1ccc(C(O)P(=O)(OC)OC)cc1. The van der Waals surface area contributed by atoms with E-state index in [1.807, 2.05) is 6.92 Å². The highest BCUT2D eigenvalue weighted by molar-refractivity contribution is 8.04. The van der Waals surface area contributed by atoms with E-state index >= 15 is 0 Å². The maximum absolute atomic E-state index is 12.2. The van der Waals surface area contributed by atoms with E-state index in [0.717, 1.165) is 6.42 Å². The quantitative estimate of drug-likeness (QED) is 0.369. The molecule has 0 aliphatic heterocycles. The van der Waals surface area contributed by atoms with Crippen molar-refractivity contribution in [3.63, 3.8) is 0 Å². The predicted octanol–water partition coefficient (Wildman–Crippen LogP) is 3.68. The molecule has 1 N–H and O–H groups in total. The van der Waals surface area contributed by atoms with Crippen molar-refractivity contribution in [1.29, 1.82) is 0 Å². The third kappa shape index (κ3) is 5.06. The molecule has 0 amide bonds. The van der Waals surface area contributed by atoms with Crippen LogP contribution < -0.4 is 4.74 Å². The van der Waals surface area contributed by atoms with Gasteiger partial charge in [-0.1, -0.05) is 19.1 Å². The van der Waals surface area contributed by atoms with Gasteiger partial charge in [-0.05, 0) is 17.7 Å². The van der Waals surface area contributed by atoms with Gasteiger partial charge in [0.15, 0.2) is 17.7 Å². The molecule has 1 aromatic rings. The first-order valence-corrected chi connectivity index (χ1v) is 11.1. The average Bonchev–Trinajstić information content (AvgIpc) is 2.63. The van der Waals surface area contributed by atoms with Gasteiger partial charge in [0.1, 0.15) is 5.75 Å². The molecule has 0 heterocycles. The van der Waals surface area contributed by atoms with Crippen LogP contribution in [0.3, 0.4) is 0 Å². The highest BCUT2D eigenvalue weighted by Gasteiger charge is 2.34. The van der Waals surface area contributed by atoms with Gasteiger partial charge in [-0.3, -0.25) is 4.57 Å². The first-order valence-electron chi connectivity index (χ1n) is 7.15. The number of hydrogen-bond donors (Lipinski definition) is 1. The van der Waals surface area contributed by atoms with Crippen LogP contribution in [0.25, 0.3) is 0 Å². The molecule has 134 valence electrons. The lowest BCUT2D eigenvalue weighted by atomic mass is 10.2. The van der Waals surface area contributed by atoms with Crippen LogP contribution >= 0.6 is 14.4 Å². The van der Waals surface area contributed by atoms with Crippen molar-refractivity contribution >= 4 is 33.0 Å². The van der Waals surface area contributed by atoms with E-state index in [-0.39, 0.29) is 5.85 Å². The summed E-state index contributed by atoms with van der Waals surface area (Å²) in [6, 6.07) is 6.57. The average molecular weight is 393 g/mol. The number of ether oxygens (including phenoxy) is 1. The first-order chi connectivity index (χ1) is 11.3. The van der Waals surface area contributed by atoms with Crippen LogP contribution in [-0.4, -0.2) is 43.7 Å². The fourth-order valence-electron chi connectivity index (χ4n) is 1.87. The van der Waals surface area contributed by atoms with Crippen LogP contribution in [0.5, 0.6) is 5.75 Å². The Hall–Kier alpha value is -0.880. The number of aliphatic hydroxyl groups is 1.